The molecule has 0 radical (unpaired) electrons. The quantitative estimate of drug-likeness (QED) is 0.570. The van der Waals surface area contributed by atoms with Crippen molar-refractivity contribution in [2.24, 2.45) is 0 Å². The molecule has 0 atom stereocenters. The van der Waals surface area contributed by atoms with Gasteiger partial charge in [-0.3, -0.25) is 14.5 Å². The van der Waals surface area contributed by atoms with Gasteiger partial charge in [0.1, 0.15) is 5.75 Å². The topological polar surface area (TPSA) is 46.6 Å². The van der Waals surface area contributed by atoms with Crippen LogP contribution in [-0.4, -0.2) is 35.6 Å². The maximum Gasteiger partial charge on any atom is 0.261 e. The van der Waals surface area contributed by atoms with Gasteiger partial charge in [0.05, 0.1) is 17.7 Å². The SMILES string of the molecule is CCOc1ccccc1CSCCN1C(=O)c2ccccc2C1=O. The van der Waals surface area contributed by atoms with E-state index in [2.05, 4.69) is 0 Å². The summed E-state index contributed by atoms with van der Waals surface area (Å²) in [6.45, 7) is 3.02. The minimum atomic E-state index is -0.189. The van der Waals surface area contributed by atoms with Gasteiger partial charge in [-0.1, -0.05) is 30.3 Å². The van der Waals surface area contributed by atoms with Crippen molar-refractivity contribution in [3.63, 3.8) is 0 Å². The third kappa shape index (κ3) is 3.31. The van der Waals surface area contributed by atoms with E-state index in [1.165, 1.54) is 4.90 Å². The van der Waals surface area contributed by atoms with Gasteiger partial charge in [-0.05, 0) is 25.1 Å². The van der Waals surface area contributed by atoms with Crippen molar-refractivity contribution in [1.82, 2.24) is 4.90 Å². The van der Waals surface area contributed by atoms with Crippen molar-refractivity contribution < 1.29 is 14.3 Å². The first-order valence-corrected chi connectivity index (χ1v) is 9.11. The monoisotopic (exact) mass is 341 g/mol. The molecule has 0 unspecified atom stereocenters. The van der Waals surface area contributed by atoms with Crippen LogP contribution in [-0.2, 0) is 5.75 Å². The van der Waals surface area contributed by atoms with Gasteiger partial charge < -0.3 is 4.74 Å². The van der Waals surface area contributed by atoms with E-state index in [4.69, 9.17) is 4.74 Å². The van der Waals surface area contributed by atoms with Gasteiger partial charge in [0.2, 0.25) is 0 Å². The second kappa shape index (κ2) is 7.53. The first-order chi connectivity index (χ1) is 11.7. The Labute approximate surface area is 145 Å². The summed E-state index contributed by atoms with van der Waals surface area (Å²) in [5, 5.41) is 0. The minimum absolute atomic E-state index is 0.189. The van der Waals surface area contributed by atoms with Crippen LogP contribution >= 0.6 is 11.8 Å². The fraction of sp³-hybridized carbons (Fsp3) is 0.263. The Morgan fingerprint density at radius 2 is 1.58 bits per heavy atom. The van der Waals surface area contributed by atoms with E-state index < -0.39 is 0 Å². The maximum absolute atomic E-state index is 12.3. The number of ether oxygens (including phenoxy) is 1. The lowest BCUT2D eigenvalue weighted by atomic mass is 10.1. The number of carbonyl (C=O) groups is 2. The van der Waals surface area contributed by atoms with Gasteiger partial charge in [0, 0.05) is 23.6 Å². The van der Waals surface area contributed by atoms with Crippen LogP contribution in [0.2, 0.25) is 0 Å². The molecule has 3 rings (SSSR count). The van der Waals surface area contributed by atoms with Crippen molar-refractivity contribution in [3.05, 3.63) is 65.2 Å². The second-order valence-corrected chi connectivity index (χ2v) is 6.51. The molecule has 0 aromatic heterocycles. The van der Waals surface area contributed by atoms with Gasteiger partial charge in [0.25, 0.3) is 11.8 Å². The van der Waals surface area contributed by atoms with Crippen LogP contribution in [0, 0.1) is 0 Å². The molecule has 1 aliphatic heterocycles. The first-order valence-electron chi connectivity index (χ1n) is 7.96. The number of amides is 2. The van der Waals surface area contributed by atoms with Crippen molar-refractivity contribution in [1.29, 1.82) is 0 Å². The number of hydrogen-bond donors (Lipinski definition) is 0. The highest BCUT2D eigenvalue weighted by Gasteiger charge is 2.34. The number of benzene rings is 2. The van der Waals surface area contributed by atoms with Gasteiger partial charge >= 0.3 is 0 Å². The molecular formula is C19H19NO3S. The molecule has 0 spiro atoms. The Kier molecular flexibility index (Phi) is 5.20. The highest BCUT2D eigenvalue weighted by atomic mass is 32.2. The summed E-state index contributed by atoms with van der Waals surface area (Å²) < 4.78 is 5.61. The lowest BCUT2D eigenvalue weighted by Crippen LogP contribution is -2.31. The zero-order valence-corrected chi connectivity index (χ0v) is 14.3. The average molecular weight is 341 g/mol. The highest BCUT2D eigenvalue weighted by Crippen LogP contribution is 2.25. The number of thioether (sulfide) groups is 1. The third-order valence-corrected chi connectivity index (χ3v) is 4.85. The van der Waals surface area contributed by atoms with Gasteiger partial charge in [-0.2, -0.15) is 11.8 Å². The molecule has 0 fully saturated rings. The second-order valence-electron chi connectivity index (χ2n) is 5.40. The van der Waals surface area contributed by atoms with Gasteiger partial charge in [-0.25, -0.2) is 0 Å². The number of hydrogen-bond acceptors (Lipinski definition) is 4. The molecule has 1 heterocycles. The zero-order chi connectivity index (χ0) is 16.9. The van der Waals surface area contributed by atoms with E-state index in [0.29, 0.717) is 30.0 Å². The number of rotatable bonds is 7. The molecule has 0 saturated carbocycles. The minimum Gasteiger partial charge on any atom is -0.494 e. The normalized spacial score (nSPS) is 13.3. The van der Waals surface area contributed by atoms with Crippen LogP contribution in [0.25, 0.3) is 0 Å². The van der Waals surface area contributed by atoms with E-state index in [1.54, 1.807) is 36.0 Å². The molecule has 5 heteroatoms. The molecule has 124 valence electrons. The molecule has 2 amide bonds. The van der Waals surface area contributed by atoms with Crippen molar-refractivity contribution in [2.75, 3.05) is 18.9 Å². The Hall–Kier alpha value is -2.27. The smallest absolute Gasteiger partial charge is 0.261 e. The van der Waals surface area contributed by atoms with Gasteiger partial charge in [0.15, 0.2) is 0 Å². The molecule has 24 heavy (non-hydrogen) atoms. The third-order valence-electron chi connectivity index (χ3n) is 3.87. The van der Waals surface area contributed by atoms with Crippen LogP contribution < -0.4 is 4.74 Å². The molecule has 0 aliphatic carbocycles. The fourth-order valence-corrected chi connectivity index (χ4v) is 3.61. The summed E-state index contributed by atoms with van der Waals surface area (Å²) in [5.74, 6) is 2.01. The van der Waals surface area contributed by atoms with E-state index in [9.17, 15) is 9.59 Å². The summed E-state index contributed by atoms with van der Waals surface area (Å²) in [6.07, 6.45) is 0. The molecule has 1 aliphatic rings. The standard InChI is InChI=1S/C19H19NO3S/c1-2-23-17-10-6-3-7-14(17)13-24-12-11-20-18(21)15-8-4-5-9-16(15)19(20)22/h3-10H,2,11-13H2,1H3. The molecular weight excluding hydrogens is 322 g/mol. The predicted molar refractivity (Wildman–Crippen MR) is 95.6 cm³/mol. The lowest BCUT2D eigenvalue weighted by Gasteiger charge is -2.14. The average Bonchev–Trinajstić information content (AvgIpc) is 2.85. The number of imide groups is 1. The van der Waals surface area contributed by atoms with Crippen molar-refractivity contribution in [3.8, 4) is 5.75 Å². The molecule has 0 N–H and O–H groups in total. The molecule has 2 aromatic rings. The van der Waals surface area contributed by atoms with E-state index in [1.807, 2.05) is 31.2 Å². The van der Waals surface area contributed by atoms with E-state index in [-0.39, 0.29) is 11.8 Å². The van der Waals surface area contributed by atoms with Crippen LogP contribution in [0.1, 0.15) is 33.2 Å². The Morgan fingerprint density at radius 1 is 0.958 bits per heavy atom. The zero-order valence-electron chi connectivity index (χ0n) is 13.5. The maximum atomic E-state index is 12.3. The molecule has 4 nitrogen and oxygen atoms in total. The summed E-state index contributed by atoms with van der Waals surface area (Å²) in [4.78, 5) is 25.9. The van der Waals surface area contributed by atoms with Crippen molar-refractivity contribution >= 4 is 23.6 Å². The van der Waals surface area contributed by atoms with Crippen LogP contribution in [0.5, 0.6) is 5.75 Å². The molecule has 0 bridgehead atoms. The summed E-state index contributed by atoms with van der Waals surface area (Å²) in [5.41, 5.74) is 2.15. The van der Waals surface area contributed by atoms with Crippen LogP contribution in [0.3, 0.4) is 0 Å². The number of nitrogens with zero attached hydrogens (tertiary/aromatic N) is 1. The summed E-state index contributed by atoms with van der Waals surface area (Å²) >= 11 is 1.69. The lowest BCUT2D eigenvalue weighted by molar-refractivity contribution is 0.0664. The van der Waals surface area contributed by atoms with Crippen LogP contribution in [0.4, 0.5) is 0 Å². The van der Waals surface area contributed by atoms with E-state index in [0.717, 1.165) is 17.1 Å². The summed E-state index contributed by atoms with van der Waals surface area (Å²) in [6, 6.07) is 14.9. The largest absolute Gasteiger partial charge is 0.494 e. The Morgan fingerprint density at radius 3 is 2.25 bits per heavy atom. The fourth-order valence-electron chi connectivity index (χ4n) is 2.70. The first kappa shape index (κ1) is 16.6. The summed E-state index contributed by atoms with van der Waals surface area (Å²) in [7, 11) is 0. The van der Waals surface area contributed by atoms with Gasteiger partial charge in [-0.15, -0.1) is 0 Å². The Bertz CT molecular complexity index is 725. The van der Waals surface area contributed by atoms with E-state index >= 15 is 0 Å². The highest BCUT2D eigenvalue weighted by molar-refractivity contribution is 7.98. The number of para-hydroxylation sites is 1. The number of fused-ring (bicyclic) bond motifs is 1. The number of carbonyl (C=O) groups excluding carboxylic acids is 2. The Balaban J connectivity index is 1.55. The predicted octanol–water partition coefficient (Wildman–Crippen LogP) is 3.61. The van der Waals surface area contributed by atoms with Crippen molar-refractivity contribution in [2.45, 2.75) is 12.7 Å². The molecule has 2 aromatic carbocycles. The molecule has 0 saturated heterocycles. The van der Waals surface area contributed by atoms with Crippen LogP contribution in [0.15, 0.2) is 48.5 Å².